The minimum absolute atomic E-state index is 0.187. The molecule has 0 aliphatic rings. The number of anilines is 1. The van der Waals surface area contributed by atoms with Gasteiger partial charge >= 0.3 is 0 Å². The molecule has 3 aromatic rings. The number of carbonyl (C=O) groups is 1. The Morgan fingerprint density at radius 2 is 2.04 bits per heavy atom. The van der Waals surface area contributed by atoms with Gasteiger partial charge < -0.3 is 0 Å². The summed E-state index contributed by atoms with van der Waals surface area (Å²) in [7, 11) is 0. The first kappa shape index (κ1) is 16.4. The highest BCUT2D eigenvalue weighted by atomic mass is 35.5. The first-order chi connectivity index (χ1) is 11.7. The molecule has 0 saturated carbocycles. The number of rotatable bonds is 5. The minimum Gasteiger partial charge on any atom is -0.280 e. The second-order valence-corrected chi connectivity index (χ2v) is 6.18. The van der Waals surface area contributed by atoms with E-state index in [4.69, 9.17) is 11.6 Å². The van der Waals surface area contributed by atoms with Crippen molar-refractivity contribution in [1.82, 2.24) is 9.97 Å². The van der Waals surface area contributed by atoms with Crippen LogP contribution < -0.4 is 4.90 Å². The standard InChI is InChI=1S/C18H14ClN3OS/c1-2-10-22(17(23)14-8-9-16(19)20-11-14)18-21-15(12-24-18)13-6-4-3-5-7-13/h2-9,11-12H,1,10H2. The molecule has 3 rings (SSSR count). The van der Waals surface area contributed by atoms with Gasteiger partial charge in [-0.2, -0.15) is 0 Å². The van der Waals surface area contributed by atoms with E-state index >= 15 is 0 Å². The maximum atomic E-state index is 12.8. The third-order valence-electron chi connectivity index (χ3n) is 3.32. The summed E-state index contributed by atoms with van der Waals surface area (Å²) in [5.41, 5.74) is 2.31. The van der Waals surface area contributed by atoms with Crippen LogP contribution in [0.2, 0.25) is 5.15 Å². The van der Waals surface area contributed by atoms with Crippen LogP contribution in [-0.4, -0.2) is 22.4 Å². The van der Waals surface area contributed by atoms with Crippen molar-refractivity contribution in [2.45, 2.75) is 0 Å². The van der Waals surface area contributed by atoms with E-state index in [0.717, 1.165) is 11.3 Å². The van der Waals surface area contributed by atoms with E-state index in [1.807, 2.05) is 35.7 Å². The SMILES string of the molecule is C=CCN(C(=O)c1ccc(Cl)nc1)c1nc(-c2ccccc2)cs1. The fourth-order valence-corrected chi connectivity index (χ4v) is 3.12. The predicted molar refractivity (Wildman–Crippen MR) is 98.7 cm³/mol. The summed E-state index contributed by atoms with van der Waals surface area (Å²) in [4.78, 5) is 22.9. The Morgan fingerprint density at radius 1 is 1.25 bits per heavy atom. The van der Waals surface area contributed by atoms with Gasteiger partial charge in [0.25, 0.3) is 5.91 Å². The molecule has 0 saturated heterocycles. The van der Waals surface area contributed by atoms with E-state index in [-0.39, 0.29) is 5.91 Å². The summed E-state index contributed by atoms with van der Waals surface area (Å²) in [6.45, 7) is 4.09. The zero-order chi connectivity index (χ0) is 16.9. The van der Waals surface area contributed by atoms with Crippen molar-refractivity contribution in [3.05, 3.63) is 77.4 Å². The molecule has 0 aliphatic heterocycles. The lowest BCUT2D eigenvalue weighted by atomic mass is 10.2. The molecule has 24 heavy (non-hydrogen) atoms. The highest BCUT2D eigenvalue weighted by molar-refractivity contribution is 7.14. The number of hydrogen-bond donors (Lipinski definition) is 0. The first-order valence-corrected chi connectivity index (χ1v) is 8.50. The van der Waals surface area contributed by atoms with Crippen LogP contribution in [0, 0.1) is 0 Å². The number of amides is 1. The highest BCUT2D eigenvalue weighted by Gasteiger charge is 2.20. The molecule has 6 heteroatoms. The van der Waals surface area contributed by atoms with Crippen molar-refractivity contribution in [3.8, 4) is 11.3 Å². The zero-order valence-electron chi connectivity index (χ0n) is 12.7. The molecular weight excluding hydrogens is 342 g/mol. The first-order valence-electron chi connectivity index (χ1n) is 7.24. The van der Waals surface area contributed by atoms with Gasteiger partial charge in [0.05, 0.1) is 11.3 Å². The van der Waals surface area contributed by atoms with Crippen LogP contribution >= 0.6 is 22.9 Å². The number of hydrogen-bond acceptors (Lipinski definition) is 4. The predicted octanol–water partition coefficient (Wildman–Crippen LogP) is 4.69. The van der Waals surface area contributed by atoms with Crippen LogP contribution in [0.5, 0.6) is 0 Å². The van der Waals surface area contributed by atoms with Gasteiger partial charge in [-0.05, 0) is 12.1 Å². The van der Waals surface area contributed by atoms with Crippen molar-refractivity contribution >= 4 is 34.0 Å². The van der Waals surface area contributed by atoms with Gasteiger partial charge in [-0.25, -0.2) is 9.97 Å². The summed E-state index contributed by atoms with van der Waals surface area (Å²) in [5, 5.41) is 2.91. The van der Waals surface area contributed by atoms with E-state index in [2.05, 4.69) is 16.5 Å². The quantitative estimate of drug-likeness (QED) is 0.492. The van der Waals surface area contributed by atoms with Gasteiger partial charge in [0.15, 0.2) is 5.13 Å². The maximum Gasteiger partial charge on any atom is 0.261 e. The minimum atomic E-state index is -0.187. The van der Waals surface area contributed by atoms with Crippen molar-refractivity contribution in [1.29, 1.82) is 0 Å². The normalized spacial score (nSPS) is 10.4. The molecule has 0 aliphatic carbocycles. The number of pyridine rings is 1. The van der Waals surface area contributed by atoms with Crippen molar-refractivity contribution in [2.24, 2.45) is 0 Å². The Bertz CT molecular complexity index is 846. The smallest absolute Gasteiger partial charge is 0.261 e. The molecular formula is C18H14ClN3OS. The largest absolute Gasteiger partial charge is 0.280 e. The molecule has 1 aromatic carbocycles. The van der Waals surface area contributed by atoms with E-state index in [1.165, 1.54) is 17.5 Å². The van der Waals surface area contributed by atoms with Gasteiger partial charge in [-0.15, -0.1) is 17.9 Å². The third-order valence-corrected chi connectivity index (χ3v) is 4.41. The molecule has 0 radical (unpaired) electrons. The van der Waals surface area contributed by atoms with Gasteiger partial charge in [-0.1, -0.05) is 48.0 Å². The second kappa shape index (κ2) is 7.38. The molecule has 120 valence electrons. The molecule has 2 heterocycles. The van der Waals surface area contributed by atoms with Crippen LogP contribution in [0.15, 0.2) is 66.7 Å². The topological polar surface area (TPSA) is 46.1 Å². The Hall–Kier alpha value is -2.50. The van der Waals surface area contributed by atoms with Gasteiger partial charge in [0, 0.05) is 23.7 Å². The Kier molecular flexibility index (Phi) is 5.03. The summed E-state index contributed by atoms with van der Waals surface area (Å²) in [5.74, 6) is -0.187. The number of halogens is 1. The maximum absolute atomic E-state index is 12.8. The molecule has 0 unspecified atom stereocenters. The lowest BCUT2D eigenvalue weighted by Gasteiger charge is -2.17. The average Bonchev–Trinajstić information content (AvgIpc) is 3.10. The number of nitrogens with zero attached hydrogens (tertiary/aromatic N) is 3. The van der Waals surface area contributed by atoms with Gasteiger partial charge in [0.2, 0.25) is 0 Å². The number of carbonyl (C=O) groups excluding carboxylic acids is 1. The van der Waals surface area contributed by atoms with Crippen LogP contribution in [-0.2, 0) is 0 Å². The van der Waals surface area contributed by atoms with Crippen LogP contribution in [0.1, 0.15) is 10.4 Å². The Balaban J connectivity index is 1.91. The van der Waals surface area contributed by atoms with Crippen molar-refractivity contribution in [2.75, 3.05) is 11.4 Å². The fourth-order valence-electron chi connectivity index (χ4n) is 2.16. The fraction of sp³-hybridized carbons (Fsp3) is 0.0556. The Morgan fingerprint density at radius 3 is 2.71 bits per heavy atom. The van der Waals surface area contributed by atoms with E-state index in [1.54, 1.807) is 23.1 Å². The van der Waals surface area contributed by atoms with Crippen LogP contribution in [0.25, 0.3) is 11.3 Å². The van der Waals surface area contributed by atoms with Gasteiger partial charge in [0.1, 0.15) is 5.15 Å². The monoisotopic (exact) mass is 355 g/mol. The van der Waals surface area contributed by atoms with Gasteiger partial charge in [-0.3, -0.25) is 9.69 Å². The van der Waals surface area contributed by atoms with Crippen LogP contribution in [0.4, 0.5) is 5.13 Å². The molecule has 0 spiro atoms. The molecule has 2 aromatic heterocycles. The summed E-state index contributed by atoms with van der Waals surface area (Å²) in [6, 6.07) is 13.1. The lowest BCUT2D eigenvalue weighted by Crippen LogP contribution is -2.31. The van der Waals surface area contributed by atoms with Crippen LogP contribution in [0.3, 0.4) is 0 Å². The number of aromatic nitrogens is 2. The van der Waals surface area contributed by atoms with Crippen molar-refractivity contribution < 1.29 is 4.79 Å². The highest BCUT2D eigenvalue weighted by Crippen LogP contribution is 2.28. The summed E-state index contributed by atoms with van der Waals surface area (Å²) < 4.78 is 0. The van der Waals surface area contributed by atoms with E-state index < -0.39 is 0 Å². The molecule has 1 amide bonds. The third kappa shape index (κ3) is 3.53. The van der Waals surface area contributed by atoms with E-state index in [9.17, 15) is 4.79 Å². The molecule has 0 fully saturated rings. The molecule has 4 nitrogen and oxygen atoms in total. The summed E-state index contributed by atoms with van der Waals surface area (Å²) in [6.07, 6.45) is 3.14. The lowest BCUT2D eigenvalue weighted by molar-refractivity contribution is 0.0989. The average molecular weight is 356 g/mol. The molecule has 0 bridgehead atoms. The number of benzene rings is 1. The number of thiazole rings is 1. The summed E-state index contributed by atoms with van der Waals surface area (Å²) >= 11 is 7.20. The zero-order valence-corrected chi connectivity index (χ0v) is 14.3. The van der Waals surface area contributed by atoms with Crippen molar-refractivity contribution in [3.63, 3.8) is 0 Å². The second-order valence-electron chi connectivity index (χ2n) is 4.96. The van der Waals surface area contributed by atoms with E-state index in [0.29, 0.717) is 22.4 Å². The Labute approximate surface area is 149 Å². The molecule has 0 atom stereocenters. The molecule has 0 N–H and O–H groups in total.